The summed E-state index contributed by atoms with van der Waals surface area (Å²) in [5.74, 6) is 0.699. The van der Waals surface area contributed by atoms with Crippen molar-refractivity contribution >= 4 is 11.9 Å². The van der Waals surface area contributed by atoms with Crippen molar-refractivity contribution in [2.45, 2.75) is 65.0 Å². The van der Waals surface area contributed by atoms with E-state index in [1.54, 1.807) is 7.05 Å². The van der Waals surface area contributed by atoms with Crippen molar-refractivity contribution in [2.75, 3.05) is 20.1 Å². The van der Waals surface area contributed by atoms with E-state index in [1.165, 1.54) is 25.0 Å². The Morgan fingerprint density at radius 1 is 1.28 bits per heavy atom. The Hall–Kier alpha value is -2.05. The van der Waals surface area contributed by atoms with Gasteiger partial charge in [-0.15, -0.1) is 0 Å². The van der Waals surface area contributed by atoms with Crippen molar-refractivity contribution in [3.05, 3.63) is 17.5 Å². The number of hydrogen-bond acceptors (Lipinski definition) is 3. The summed E-state index contributed by atoms with van der Waals surface area (Å²) in [5, 5.41) is 13.9. The molecule has 0 aromatic carbocycles. The van der Waals surface area contributed by atoms with Crippen molar-refractivity contribution in [3.63, 3.8) is 0 Å². The number of aryl methyl sites for hydroxylation is 3. The van der Waals surface area contributed by atoms with Gasteiger partial charge in [0.15, 0.2) is 5.96 Å². The van der Waals surface area contributed by atoms with Crippen LogP contribution in [0.2, 0.25) is 0 Å². The van der Waals surface area contributed by atoms with Gasteiger partial charge in [0.25, 0.3) is 0 Å². The number of aromatic nitrogens is 2. The molecular formula is C18H32N6O. The Bertz CT molecular complexity index is 574. The van der Waals surface area contributed by atoms with Gasteiger partial charge < -0.3 is 16.0 Å². The molecule has 1 fully saturated rings. The molecule has 25 heavy (non-hydrogen) atoms. The molecule has 1 aromatic heterocycles. The van der Waals surface area contributed by atoms with Gasteiger partial charge in [-0.2, -0.15) is 5.10 Å². The molecule has 1 aromatic rings. The fourth-order valence-corrected chi connectivity index (χ4v) is 3.25. The number of nitrogens with one attached hydrogen (secondary N) is 3. The van der Waals surface area contributed by atoms with Gasteiger partial charge in [0.05, 0.1) is 12.2 Å². The first-order valence-electron chi connectivity index (χ1n) is 9.33. The zero-order valence-electron chi connectivity index (χ0n) is 15.8. The molecule has 0 aliphatic heterocycles. The SMILES string of the molecule is CN=C(NCCCn1nc(C)cc1C)NCC(=O)NC1CCCCC1. The van der Waals surface area contributed by atoms with E-state index in [-0.39, 0.29) is 12.5 Å². The number of nitrogens with zero attached hydrogens (tertiary/aromatic N) is 3. The van der Waals surface area contributed by atoms with Crippen LogP contribution in [0.5, 0.6) is 0 Å². The first-order chi connectivity index (χ1) is 12.1. The minimum atomic E-state index is 0.0393. The van der Waals surface area contributed by atoms with Crippen molar-refractivity contribution in [2.24, 2.45) is 4.99 Å². The van der Waals surface area contributed by atoms with E-state index in [4.69, 9.17) is 0 Å². The van der Waals surface area contributed by atoms with Gasteiger partial charge in [-0.1, -0.05) is 19.3 Å². The van der Waals surface area contributed by atoms with Crippen LogP contribution in [0, 0.1) is 13.8 Å². The molecule has 0 saturated heterocycles. The summed E-state index contributed by atoms with van der Waals surface area (Å²) >= 11 is 0. The highest BCUT2D eigenvalue weighted by Gasteiger charge is 2.15. The summed E-state index contributed by atoms with van der Waals surface area (Å²) < 4.78 is 2.02. The predicted molar refractivity (Wildman–Crippen MR) is 101 cm³/mol. The van der Waals surface area contributed by atoms with E-state index in [1.807, 2.05) is 11.6 Å². The number of hydrogen-bond donors (Lipinski definition) is 3. The highest BCUT2D eigenvalue weighted by Crippen LogP contribution is 2.17. The van der Waals surface area contributed by atoms with Gasteiger partial charge in [0.2, 0.25) is 5.91 Å². The van der Waals surface area contributed by atoms with Crippen LogP contribution in [-0.4, -0.2) is 47.8 Å². The Kier molecular flexibility index (Phi) is 7.76. The summed E-state index contributed by atoms with van der Waals surface area (Å²) in [6.45, 7) is 5.98. The molecule has 0 bridgehead atoms. The molecule has 1 heterocycles. The van der Waals surface area contributed by atoms with Crippen LogP contribution in [0.15, 0.2) is 11.1 Å². The second-order valence-electron chi connectivity index (χ2n) is 6.76. The van der Waals surface area contributed by atoms with Crippen LogP contribution in [0.4, 0.5) is 0 Å². The number of aliphatic imine (C=N–C) groups is 1. The molecule has 0 atom stereocenters. The normalized spacial score (nSPS) is 15.9. The first-order valence-corrected chi connectivity index (χ1v) is 9.33. The van der Waals surface area contributed by atoms with E-state index in [0.29, 0.717) is 12.0 Å². The average molecular weight is 348 g/mol. The topological polar surface area (TPSA) is 83.3 Å². The molecule has 0 spiro atoms. The standard InChI is InChI=1S/C18H32N6O/c1-14-12-15(2)24(23-14)11-7-10-20-18(19-3)21-13-17(25)22-16-8-5-4-6-9-16/h12,16H,4-11,13H2,1-3H3,(H,22,25)(H2,19,20,21). The lowest BCUT2D eigenvalue weighted by Crippen LogP contribution is -2.46. The van der Waals surface area contributed by atoms with Crippen molar-refractivity contribution in [3.8, 4) is 0 Å². The van der Waals surface area contributed by atoms with Crippen LogP contribution in [0.25, 0.3) is 0 Å². The third-order valence-corrected chi connectivity index (χ3v) is 4.55. The monoisotopic (exact) mass is 348 g/mol. The third kappa shape index (κ3) is 6.76. The third-order valence-electron chi connectivity index (χ3n) is 4.55. The summed E-state index contributed by atoms with van der Waals surface area (Å²) in [6.07, 6.45) is 6.87. The predicted octanol–water partition coefficient (Wildman–Crippen LogP) is 1.50. The van der Waals surface area contributed by atoms with Crippen LogP contribution >= 0.6 is 0 Å². The van der Waals surface area contributed by atoms with E-state index in [2.05, 4.69) is 39.0 Å². The molecule has 3 N–H and O–H groups in total. The molecule has 2 rings (SSSR count). The number of amides is 1. The average Bonchev–Trinajstić information content (AvgIpc) is 2.92. The molecule has 1 aliphatic carbocycles. The summed E-state index contributed by atoms with van der Waals surface area (Å²) in [4.78, 5) is 16.2. The molecule has 7 heteroatoms. The quantitative estimate of drug-likeness (QED) is 0.396. The maximum atomic E-state index is 12.0. The smallest absolute Gasteiger partial charge is 0.239 e. The van der Waals surface area contributed by atoms with Crippen LogP contribution in [0.1, 0.15) is 49.9 Å². The van der Waals surface area contributed by atoms with E-state index in [9.17, 15) is 4.79 Å². The van der Waals surface area contributed by atoms with Gasteiger partial charge in [-0.3, -0.25) is 14.5 Å². The lowest BCUT2D eigenvalue weighted by molar-refractivity contribution is -0.120. The van der Waals surface area contributed by atoms with Crippen LogP contribution < -0.4 is 16.0 Å². The molecule has 0 unspecified atom stereocenters. The molecule has 7 nitrogen and oxygen atoms in total. The van der Waals surface area contributed by atoms with E-state index < -0.39 is 0 Å². The Labute approximate surface area is 150 Å². The first kappa shape index (κ1) is 19.3. The van der Waals surface area contributed by atoms with Crippen LogP contribution in [0.3, 0.4) is 0 Å². The zero-order chi connectivity index (χ0) is 18.1. The van der Waals surface area contributed by atoms with Gasteiger partial charge in [-0.25, -0.2) is 0 Å². The van der Waals surface area contributed by atoms with E-state index in [0.717, 1.165) is 38.0 Å². The van der Waals surface area contributed by atoms with Crippen molar-refractivity contribution in [1.29, 1.82) is 0 Å². The fourth-order valence-electron chi connectivity index (χ4n) is 3.25. The van der Waals surface area contributed by atoms with Crippen LogP contribution in [-0.2, 0) is 11.3 Å². The number of carbonyl (C=O) groups is 1. The zero-order valence-corrected chi connectivity index (χ0v) is 15.8. The van der Waals surface area contributed by atoms with E-state index >= 15 is 0 Å². The second kappa shape index (κ2) is 10.1. The maximum absolute atomic E-state index is 12.0. The molecule has 0 radical (unpaired) electrons. The largest absolute Gasteiger partial charge is 0.356 e. The Balaban J connectivity index is 1.61. The van der Waals surface area contributed by atoms with Gasteiger partial charge in [0, 0.05) is 31.9 Å². The summed E-state index contributed by atoms with van der Waals surface area (Å²) in [7, 11) is 1.72. The summed E-state index contributed by atoms with van der Waals surface area (Å²) in [5.41, 5.74) is 2.23. The highest BCUT2D eigenvalue weighted by atomic mass is 16.2. The number of carbonyl (C=O) groups excluding carboxylic acids is 1. The van der Waals surface area contributed by atoms with Gasteiger partial charge in [-0.05, 0) is 39.2 Å². The number of rotatable bonds is 7. The molecule has 140 valence electrons. The Morgan fingerprint density at radius 3 is 2.68 bits per heavy atom. The Morgan fingerprint density at radius 2 is 2.04 bits per heavy atom. The minimum absolute atomic E-state index is 0.0393. The maximum Gasteiger partial charge on any atom is 0.239 e. The van der Waals surface area contributed by atoms with Gasteiger partial charge in [0.1, 0.15) is 0 Å². The highest BCUT2D eigenvalue weighted by molar-refractivity contribution is 5.86. The lowest BCUT2D eigenvalue weighted by Gasteiger charge is -2.23. The second-order valence-corrected chi connectivity index (χ2v) is 6.76. The fraction of sp³-hybridized carbons (Fsp3) is 0.722. The lowest BCUT2D eigenvalue weighted by atomic mass is 9.95. The molecule has 1 saturated carbocycles. The molecular weight excluding hydrogens is 316 g/mol. The molecule has 1 amide bonds. The van der Waals surface area contributed by atoms with Crippen molar-refractivity contribution < 1.29 is 4.79 Å². The molecule has 1 aliphatic rings. The van der Waals surface area contributed by atoms with Gasteiger partial charge >= 0.3 is 0 Å². The number of guanidine groups is 1. The summed E-state index contributed by atoms with van der Waals surface area (Å²) in [6, 6.07) is 2.43. The minimum Gasteiger partial charge on any atom is -0.356 e. The van der Waals surface area contributed by atoms with Crippen molar-refractivity contribution in [1.82, 2.24) is 25.7 Å².